The molecule has 5 heteroatoms. The largest absolute Gasteiger partial charge is 0.487 e. The SMILES string of the molecule is O=C1[C@@H]2Cc3cccc(Cl)c3O[C@H]2C2(CCCCC2)[C@@H]2Oc3c(Cl)cccc3C[C@@H]12. The first-order chi connectivity index (χ1) is 14.6. The molecule has 3 nitrogen and oxygen atoms in total. The Balaban J connectivity index is 1.49. The number of ketones is 1. The van der Waals surface area contributed by atoms with Gasteiger partial charge in [-0.15, -0.1) is 0 Å². The second kappa shape index (κ2) is 6.90. The molecule has 0 aromatic heterocycles. The summed E-state index contributed by atoms with van der Waals surface area (Å²) in [5.41, 5.74) is 1.90. The zero-order chi connectivity index (χ0) is 20.5. The number of hydrogen-bond donors (Lipinski definition) is 0. The number of halogens is 2. The van der Waals surface area contributed by atoms with Crippen molar-refractivity contribution in [1.82, 2.24) is 0 Å². The highest BCUT2D eigenvalue weighted by Crippen LogP contribution is 2.58. The van der Waals surface area contributed by atoms with E-state index in [-0.39, 0.29) is 35.2 Å². The lowest BCUT2D eigenvalue weighted by Gasteiger charge is -2.58. The first-order valence-electron chi connectivity index (χ1n) is 11.0. The topological polar surface area (TPSA) is 35.5 Å². The van der Waals surface area contributed by atoms with E-state index in [0.29, 0.717) is 22.9 Å². The molecule has 2 aliphatic heterocycles. The molecular weight excluding hydrogens is 419 g/mol. The van der Waals surface area contributed by atoms with E-state index in [1.165, 1.54) is 6.42 Å². The molecule has 2 aromatic rings. The van der Waals surface area contributed by atoms with Crippen LogP contribution >= 0.6 is 23.2 Å². The van der Waals surface area contributed by atoms with Crippen molar-refractivity contribution in [2.24, 2.45) is 17.3 Å². The van der Waals surface area contributed by atoms with Gasteiger partial charge in [0.25, 0.3) is 0 Å². The number of carbonyl (C=O) groups excluding carboxylic acids is 1. The maximum Gasteiger partial charge on any atom is 0.147 e. The van der Waals surface area contributed by atoms with Crippen LogP contribution in [0.4, 0.5) is 0 Å². The molecule has 30 heavy (non-hydrogen) atoms. The van der Waals surface area contributed by atoms with Gasteiger partial charge in [-0.05, 0) is 48.9 Å². The van der Waals surface area contributed by atoms with Crippen LogP contribution in [0.3, 0.4) is 0 Å². The highest BCUT2D eigenvalue weighted by molar-refractivity contribution is 6.32. The van der Waals surface area contributed by atoms with Crippen molar-refractivity contribution in [2.45, 2.75) is 57.2 Å². The number of hydrogen-bond acceptors (Lipinski definition) is 3. The summed E-state index contributed by atoms with van der Waals surface area (Å²) >= 11 is 13.0. The van der Waals surface area contributed by atoms with Crippen molar-refractivity contribution in [3.05, 3.63) is 57.6 Å². The number of benzene rings is 2. The molecule has 2 saturated carbocycles. The summed E-state index contributed by atoms with van der Waals surface area (Å²) in [7, 11) is 0. The predicted molar refractivity (Wildman–Crippen MR) is 117 cm³/mol. The van der Waals surface area contributed by atoms with E-state index in [9.17, 15) is 4.79 Å². The minimum Gasteiger partial charge on any atom is -0.487 e. The van der Waals surface area contributed by atoms with Crippen LogP contribution in [0.5, 0.6) is 11.5 Å². The van der Waals surface area contributed by atoms with E-state index in [1.807, 2.05) is 36.4 Å². The Hall–Kier alpha value is -1.71. The molecule has 156 valence electrons. The Morgan fingerprint density at radius 2 is 1.27 bits per heavy atom. The first-order valence-corrected chi connectivity index (χ1v) is 11.8. The van der Waals surface area contributed by atoms with Crippen LogP contribution in [0.15, 0.2) is 36.4 Å². The molecule has 4 aliphatic rings. The molecule has 2 aromatic carbocycles. The van der Waals surface area contributed by atoms with Crippen molar-refractivity contribution >= 4 is 29.0 Å². The van der Waals surface area contributed by atoms with Gasteiger partial charge in [0.15, 0.2) is 0 Å². The minimum atomic E-state index is -0.192. The molecule has 0 amide bonds. The lowest BCUT2D eigenvalue weighted by atomic mass is 9.53. The second-order valence-corrected chi connectivity index (χ2v) is 10.2. The fourth-order valence-electron chi connectivity index (χ4n) is 6.55. The normalized spacial score (nSPS) is 30.9. The molecular formula is C25H24Cl2O3. The maximum absolute atomic E-state index is 13.8. The van der Waals surface area contributed by atoms with Crippen molar-refractivity contribution in [1.29, 1.82) is 0 Å². The fraction of sp³-hybridized carbons (Fsp3) is 0.480. The molecule has 0 N–H and O–H groups in total. The third-order valence-electron chi connectivity index (χ3n) is 7.85. The van der Waals surface area contributed by atoms with E-state index in [2.05, 4.69) is 0 Å². The van der Waals surface area contributed by atoms with E-state index in [0.717, 1.165) is 48.3 Å². The van der Waals surface area contributed by atoms with Crippen LogP contribution in [0, 0.1) is 17.3 Å². The number of carbonyl (C=O) groups is 1. The van der Waals surface area contributed by atoms with Crippen molar-refractivity contribution in [3.8, 4) is 11.5 Å². The average Bonchev–Trinajstić information content (AvgIpc) is 2.77. The van der Waals surface area contributed by atoms with E-state index in [4.69, 9.17) is 32.7 Å². The molecule has 0 radical (unpaired) electrons. The maximum atomic E-state index is 13.8. The van der Waals surface area contributed by atoms with Crippen molar-refractivity contribution < 1.29 is 14.3 Å². The standard InChI is InChI=1S/C25H24Cl2O3/c26-18-8-4-6-14-12-16-20(28)17-13-15-7-5-9-19(27)22(15)30-24(17)25(10-2-1-3-11-25)23(16)29-21(14)18/h4-9,16-17,23-24H,1-3,10-13H2/t16-,17-,23+,24+/m0/s1. The van der Waals surface area contributed by atoms with E-state index >= 15 is 0 Å². The summed E-state index contributed by atoms with van der Waals surface area (Å²) in [6, 6.07) is 11.7. The van der Waals surface area contributed by atoms with Crippen molar-refractivity contribution in [3.63, 3.8) is 0 Å². The lowest BCUT2D eigenvalue weighted by molar-refractivity contribution is -0.174. The molecule has 4 atom stereocenters. The quantitative estimate of drug-likeness (QED) is 0.496. The van der Waals surface area contributed by atoms with Crippen LogP contribution in [-0.4, -0.2) is 18.0 Å². The average molecular weight is 443 g/mol. The number of para-hydroxylation sites is 2. The Bertz CT molecular complexity index is 954. The number of fused-ring (bicyclic) bond motifs is 6. The molecule has 2 aliphatic carbocycles. The van der Waals surface area contributed by atoms with Gasteiger partial charge in [-0.3, -0.25) is 4.79 Å². The third-order valence-corrected chi connectivity index (χ3v) is 8.44. The van der Waals surface area contributed by atoms with Crippen LogP contribution in [0.25, 0.3) is 0 Å². The van der Waals surface area contributed by atoms with Gasteiger partial charge in [0.05, 0.1) is 21.9 Å². The molecule has 0 bridgehead atoms. The van der Waals surface area contributed by atoms with Crippen LogP contribution < -0.4 is 9.47 Å². The van der Waals surface area contributed by atoms with Crippen LogP contribution in [-0.2, 0) is 17.6 Å². The van der Waals surface area contributed by atoms with Crippen molar-refractivity contribution in [2.75, 3.05) is 0 Å². The Kier molecular flexibility index (Phi) is 4.37. The summed E-state index contributed by atoms with van der Waals surface area (Å²) in [5.74, 6) is 1.51. The highest BCUT2D eigenvalue weighted by atomic mass is 35.5. The summed E-state index contributed by atoms with van der Waals surface area (Å²) < 4.78 is 13.3. The van der Waals surface area contributed by atoms with Gasteiger partial charge in [0.2, 0.25) is 0 Å². The molecule has 0 saturated heterocycles. The van der Waals surface area contributed by atoms with Gasteiger partial charge in [0, 0.05) is 5.41 Å². The van der Waals surface area contributed by atoms with Gasteiger partial charge in [-0.25, -0.2) is 0 Å². The lowest BCUT2D eigenvalue weighted by Crippen LogP contribution is -2.67. The van der Waals surface area contributed by atoms with Crippen LogP contribution in [0.2, 0.25) is 10.0 Å². The third kappa shape index (κ3) is 2.61. The number of Topliss-reactive ketones (excluding diaryl/α,β-unsaturated/α-hetero) is 1. The molecule has 6 rings (SSSR count). The minimum absolute atomic E-state index is 0.139. The van der Waals surface area contributed by atoms with E-state index < -0.39 is 0 Å². The molecule has 2 fully saturated rings. The first kappa shape index (κ1) is 19.0. The second-order valence-electron chi connectivity index (χ2n) is 9.35. The van der Waals surface area contributed by atoms with Gasteiger partial charge in [-0.2, -0.15) is 0 Å². The van der Waals surface area contributed by atoms with Gasteiger partial charge < -0.3 is 9.47 Å². The number of ether oxygens (including phenoxy) is 2. The fourth-order valence-corrected chi connectivity index (χ4v) is 7.03. The molecule has 1 spiro atoms. The van der Waals surface area contributed by atoms with Gasteiger partial charge in [-0.1, -0.05) is 66.7 Å². The van der Waals surface area contributed by atoms with Gasteiger partial charge in [0.1, 0.15) is 29.5 Å². The summed E-state index contributed by atoms with van der Waals surface area (Å²) in [6.07, 6.45) is 6.55. The summed E-state index contributed by atoms with van der Waals surface area (Å²) in [5, 5.41) is 1.26. The van der Waals surface area contributed by atoms with Gasteiger partial charge >= 0.3 is 0 Å². The van der Waals surface area contributed by atoms with Crippen LogP contribution in [0.1, 0.15) is 43.2 Å². The summed E-state index contributed by atoms with van der Waals surface area (Å²) in [4.78, 5) is 13.8. The Labute approximate surface area is 186 Å². The zero-order valence-corrected chi connectivity index (χ0v) is 18.2. The molecule has 0 unspecified atom stereocenters. The Morgan fingerprint density at radius 3 is 1.77 bits per heavy atom. The summed E-state index contributed by atoms with van der Waals surface area (Å²) in [6.45, 7) is 0. The molecule has 2 heterocycles. The Morgan fingerprint density at radius 1 is 0.767 bits per heavy atom. The smallest absolute Gasteiger partial charge is 0.147 e. The zero-order valence-electron chi connectivity index (χ0n) is 16.7. The monoisotopic (exact) mass is 442 g/mol. The highest BCUT2D eigenvalue weighted by Gasteiger charge is 2.63. The number of rotatable bonds is 0. The van der Waals surface area contributed by atoms with E-state index in [1.54, 1.807) is 0 Å². The predicted octanol–water partition coefficient (Wildman–Crippen LogP) is 6.07.